The van der Waals surface area contributed by atoms with E-state index < -0.39 is 11.5 Å². The molecule has 1 aromatic heterocycles. The normalized spacial score (nSPS) is 10.1. The number of nitriles is 1. The molecule has 0 fully saturated rings. The fraction of sp³-hybridized carbons (Fsp3) is 0.100. The number of hydrogen-bond acceptors (Lipinski definition) is 5. The van der Waals surface area contributed by atoms with Crippen molar-refractivity contribution in [1.82, 2.24) is 9.78 Å². The molecule has 0 radical (unpaired) electrons. The number of halogens is 1. The van der Waals surface area contributed by atoms with E-state index in [1.54, 1.807) is 42.5 Å². The standard InChI is InChI=1S/C20H16ClN5O2/c21-16-6-4-14(5-7-16)12-23-18-8-9-20(28)26(25-18)13-19(27)24-17-3-1-2-15(10-17)11-22/h1-10H,12-13H2,(H,23,25)(H,24,27). The molecular weight excluding hydrogens is 378 g/mol. The maximum Gasteiger partial charge on any atom is 0.267 e. The number of rotatable bonds is 6. The lowest BCUT2D eigenvalue weighted by Crippen LogP contribution is -2.29. The fourth-order valence-electron chi connectivity index (χ4n) is 2.45. The number of aromatic nitrogens is 2. The van der Waals surface area contributed by atoms with Gasteiger partial charge in [0.2, 0.25) is 5.91 Å². The van der Waals surface area contributed by atoms with Gasteiger partial charge in [0.15, 0.2) is 0 Å². The Morgan fingerprint density at radius 3 is 2.68 bits per heavy atom. The first kappa shape index (κ1) is 19.1. The van der Waals surface area contributed by atoms with E-state index >= 15 is 0 Å². The van der Waals surface area contributed by atoms with Crippen molar-refractivity contribution in [1.29, 1.82) is 5.26 Å². The van der Waals surface area contributed by atoms with Gasteiger partial charge < -0.3 is 10.6 Å². The minimum atomic E-state index is -0.417. The van der Waals surface area contributed by atoms with E-state index in [-0.39, 0.29) is 6.54 Å². The van der Waals surface area contributed by atoms with E-state index in [9.17, 15) is 9.59 Å². The van der Waals surface area contributed by atoms with E-state index in [1.165, 1.54) is 6.07 Å². The predicted octanol–water partition coefficient (Wildman–Crippen LogP) is 3.02. The molecule has 2 N–H and O–H groups in total. The van der Waals surface area contributed by atoms with Crippen LogP contribution in [0.3, 0.4) is 0 Å². The number of amides is 1. The molecule has 1 heterocycles. The van der Waals surface area contributed by atoms with Crippen LogP contribution in [0.25, 0.3) is 0 Å². The van der Waals surface area contributed by atoms with Crippen LogP contribution in [0, 0.1) is 11.3 Å². The molecule has 3 aromatic rings. The average molecular weight is 394 g/mol. The molecular formula is C20H16ClN5O2. The average Bonchev–Trinajstić information content (AvgIpc) is 2.70. The zero-order chi connectivity index (χ0) is 19.9. The summed E-state index contributed by atoms with van der Waals surface area (Å²) in [6.45, 7) is 0.252. The molecule has 7 nitrogen and oxygen atoms in total. The van der Waals surface area contributed by atoms with Crippen molar-refractivity contribution in [3.63, 3.8) is 0 Å². The summed E-state index contributed by atoms with van der Waals surface area (Å²) in [6, 6.07) is 18.8. The first-order valence-corrected chi connectivity index (χ1v) is 8.78. The number of anilines is 2. The number of carbonyl (C=O) groups is 1. The number of benzene rings is 2. The van der Waals surface area contributed by atoms with Gasteiger partial charge in [-0.2, -0.15) is 10.4 Å². The smallest absolute Gasteiger partial charge is 0.267 e. The molecule has 140 valence electrons. The van der Waals surface area contributed by atoms with Gasteiger partial charge in [-0.3, -0.25) is 9.59 Å². The molecule has 8 heteroatoms. The van der Waals surface area contributed by atoms with Crippen molar-refractivity contribution in [2.45, 2.75) is 13.1 Å². The van der Waals surface area contributed by atoms with E-state index in [2.05, 4.69) is 15.7 Å². The van der Waals surface area contributed by atoms with E-state index in [4.69, 9.17) is 16.9 Å². The number of nitrogens with zero attached hydrogens (tertiary/aromatic N) is 3. The van der Waals surface area contributed by atoms with Crippen LogP contribution in [0.15, 0.2) is 65.5 Å². The predicted molar refractivity (Wildman–Crippen MR) is 107 cm³/mol. The quantitative estimate of drug-likeness (QED) is 0.670. The van der Waals surface area contributed by atoms with E-state index in [0.29, 0.717) is 28.6 Å². The first-order chi connectivity index (χ1) is 13.5. The molecule has 0 atom stereocenters. The molecule has 0 bridgehead atoms. The van der Waals surface area contributed by atoms with Crippen LogP contribution in [0.4, 0.5) is 11.5 Å². The van der Waals surface area contributed by atoms with Crippen LogP contribution in [0.5, 0.6) is 0 Å². The third-order valence-corrected chi connectivity index (χ3v) is 4.07. The lowest BCUT2D eigenvalue weighted by molar-refractivity contribution is -0.117. The van der Waals surface area contributed by atoms with Crippen molar-refractivity contribution in [2.75, 3.05) is 10.6 Å². The number of hydrogen-bond donors (Lipinski definition) is 2. The summed E-state index contributed by atoms with van der Waals surface area (Å²) in [7, 11) is 0. The molecule has 3 rings (SSSR count). The van der Waals surface area contributed by atoms with Gasteiger partial charge in [0.05, 0.1) is 11.6 Å². The van der Waals surface area contributed by atoms with Crippen molar-refractivity contribution in [3.05, 3.63) is 87.2 Å². The maximum atomic E-state index is 12.2. The fourth-order valence-corrected chi connectivity index (χ4v) is 2.58. The monoisotopic (exact) mass is 393 g/mol. The third-order valence-electron chi connectivity index (χ3n) is 3.82. The van der Waals surface area contributed by atoms with Crippen LogP contribution in [-0.2, 0) is 17.9 Å². The summed E-state index contributed by atoms with van der Waals surface area (Å²) in [5, 5.41) is 19.5. The molecule has 0 unspecified atom stereocenters. The minimum Gasteiger partial charge on any atom is -0.365 e. The van der Waals surface area contributed by atoms with Gasteiger partial charge in [-0.15, -0.1) is 0 Å². The van der Waals surface area contributed by atoms with Gasteiger partial charge in [0.25, 0.3) is 5.56 Å². The highest BCUT2D eigenvalue weighted by atomic mass is 35.5. The maximum absolute atomic E-state index is 12.2. The summed E-state index contributed by atoms with van der Waals surface area (Å²) < 4.78 is 1.08. The lowest BCUT2D eigenvalue weighted by Gasteiger charge is -2.10. The molecule has 0 spiro atoms. The first-order valence-electron chi connectivity index (χ1n) is 8.40. The highest BCUT2D eigenvalue weighted by Gasteiger charge is 2.08. The Kier molecular flexibility index (Phi) is 6.04. The van der Waals surface area contributed by atoms with Gasteiger partial charge in [-0.1, -0.05) is 29.8 Å². The summed E-state index contributed by atoms with van der Waals surface area (Å²) in [5.41, 5.74) is 1.52. The Hall–Kier alpha value is -3.63. The van der Waals surface area contributed by atoms with Gasteiger partial charge in [-0.05, 0) is 42.0 Å². The van der Waals surface area contributed by atoms with Gasteiger partial charge in [-0.25, -0.2) is 4.68 Å². The Morgan fingerprint density at radius 2 is 1.93 bits per heavy atom. The van der Waals surface area contributed by atoms with Crippen LogP contribution in [0.2, 0.25) is 5.02 Å². The van der Waals surface area contributed by atoms with Crippen LogP contribution >= 0.6 is 11.6 Å². The molecule has 28 heavy (non-hydrogen) atoms. The zero-order valence-corrected chi connectivity index (χ0v) is 15.5. The molecule has 0 aliphatic rings. The number of nitrogens with one attached hydrogen (secondary N) is 2. The van der Waals surface area contributed by atoms with E-state index in [1.807, 2.05) is 18.2 Å². The third kappa shape index (κ3) is 5.19. The van der Waals surface area contributed by atoms with Crippen molar-refractivity contribution < 1.29 is 4.79 Å². The largest absolute Gasteiger partial charge is 0.365 e. The molecule has 2 aromatic carbocycles. The second kappa shape index (κ2) is 8.84. The van der Waals surface area contributed by atoms with Crippen LogP contribution in [-0.4, -0.2) is 15.7 Å². The van der Waals surface area contributed by atoms with Gasteiger partial charge in [0, 0.05) is 23.3 Å². The van der Waals surface area contributed by atoms with Crippen LogP contribution in [0.1, 0.15) is 11.1 Å². The molecule has 1 amide bonds. The second-order valence-electron chi connectivity index (χ2n) is 5.94. The Bertz CT molecular complexity index is 1090. The lowest BCUT2D eigenvalue weighted by atomic mass is 10.2. The van der Waals surface area contributed by atoms with E-state index in [0.717, 1.165) is 10.2 Å². The second-order valence-corrected chi connectivity index (χ2v) is 6.37. The summed E-state index contributed by atoms with van der Waals surface area (Å²) in [6.07, 6.45) is 0. The Labute approximate surface area is 166 Å². The highest BCUT2D eigenvalue weighted by Crippen LogP contribution is 2.11. The number of carbonyl (C=O) groups excluding carboxylic acids is 1. The topological polar surface area (TPSA) is 99.8 Å². The Balaban J connectivity index is 1.65. The van der Waals surface area contributed by atoms with Crippen LogP contribution < -0.4 is 16.2 Å². The molecule has 0 saturated heterocycles. The summed E-state index contributed by atoms with van der Waals surface area (Å²) in [5.74, 6) is 0.0494. The minimum absolute atomic E-state index is 0.244. The van der Waals surface area contributed by atoms with Crippen molar-refractivity contribution in [2.24, 2.45) is 0 Å². The van der Waals surface area contributed by atoms with Gasteiger partial charge >= 0.3 is 0 Å². The summed E-state index contributed by atoms with van der Waals surface area (Å²) in [4.78, 5) is 24.2. The summed E-state index contributed by atoms with van der Waals surface area (Å²) >= 11 is 5.87. The molecule has 0 saturated carbocycles. The van der Waals surface area contributed by atoms with Crippen molar-refractivity contribution >= 4 is 29.0 Å². The highest BCUT2D eigenvalue weighted by molar-refractivity contribution is 6.30. The SMILES string of the molecule is N#Cc1cccc(NC(=O)Cn2nc(NCc3ccc(Cl)cc3)ccc2=O)c1. The Morgan fingerprint density at radius 1 is 1.14 bits per heavy atom. The molecule has 0 aliphatic heterocycles. The van der Waals surface area contributed by atoms with Crippen molar-refractivity contribution in [3.8, 4) is 6.07 Å². The molecule has 0 aliphatic carbocycles. The van der Waals surface area contributed by atoms with Gasteiger partial charge in [0.1, 0.15) is 12.4 Å². The zero-order valence-electron chi connectivity index (χ0n) is 14.7.